The van der Waals surface area contributed by atoms with E-state index < -0.39 is 0 Å². The molecule has 2 heterocycles. The highest BCUT2D eigenvalue weighted by Gasteiger charge is 2.19. The van der Waals surface area contributed by atoms with Gasteiger partial charge in [0.25, 0.3) is 0 Å². The molecule has 0 radical (unpaired) electrons. The Hall–Kier alpha value is -1.97. The van der Waals surface area contributed by atoms with Gasteiger partial charge in [-0.25, -0.2) is 4.98 Å². The number of aromatic hydroxyl groups is 1. The second-order valence-electron chi connectivity index (χ2n) is 5.19. The SMILES string of the molecule is CC1CCn2cnc(COc3ccccc3O)c2C1. The highest BCUT2D eigenvalue weighted by Crippen LogP contribution is 2.27. The number of benzene rings is 1. The van der Waals surface area contributed by atoms with E-state index in [1.807, 2.05) is 12.4 Å². The number of phenolic OH excluding ortho intramolecular Hbond substituents is 1. The first kappa shape index (κ1) is 12.1. The zero-order valence-electron chi connectivity index (χ0n) is 11.0. The van der Waals surface area contributed by atoms with Crippen LogP contribution in [0.5, 0.6) is 11.5 Å². The molecule has 1 aliphatic heterocycles. The lowest BCUT2D eigenvalue weighted by Crippen LogP contribution is -2.17. The molecule has 0 fully saturated rings. The van der Waals surface area contributed by atoms with Crippen LogP contribution in [0.15, 0.2) is 30.6 Å². The first-order valence-corrected chi connectivity index (χ1v) is 6.67. The highest BCUT2D eigenvalue weighted by molar-refractivity contribution is 5.38. The predicted molar refractivity (Wildman–Crippen MR) is 72.2 cm³/mol. The Kier molecular flexibility index (Phi) is 3.15. The van der Waals surface area contributed by atoms with Gasteiger partial charge in [-0.15, -0.1) is 0 Å². The number of nitrogens with zero attached hydrogens (tertiary/aromatic N) is 2. The Labute approximate surface area is 112 Å². The Balaban J connectivity index is 1.74. The lowest BCUT2D eigenvalue weighted by Gasteiger charge is -2.21. The number of phenols is 1. The molecule has 0 aliphatic carbocycles. The molecule has 4 heteroatoms. The Morgan fingerprint density at radius 1 is 1.42 bits per heavy atom. The molecular weight excluding hydrogens is 240 g/mol. The molecule has 3 rings (SSSR count). The zero-order chi connectivity index (χ0) is 13.2. The number of para-hydroxylation sites is 2. The van der Waals surface area contributed by atoms with Crippen LogP contribution in [0.3, 0.4) is 0 Å². The summed E-state index contributed by atoms with van der Waals surface area (Å²) in [4.78, 5) is 4.43. The summed E-state index contributed by atoms with van der Waals surface area (Å²) in [6.45, 7) is 3.72. The maximum atomic E-state index is 9.67. The third-order valence-corrected chi connectivity index (χ3v) is 3.67. The molecule has 1 atom stereocenters. The van der Waals surface area contributed by atoms with E-state index in [0.717, 1.165) is 18.7 Å². The van der Waals surface area contributed by atoms with Gasteiger partial charge in [0.15, 0.2) is 11.5 Å². The average molecular weight is 258 g/mol. The molecule has 1 aromatic carbocycles. The molecule has 100 valence electrons. The third-order valence-electron chi connectivity index (χ3n) is 3.67. The summed E-state index contributed by atoms with van der Waals surface area (Å²) < 4.78 is 7.87. The fraction of sp³-hybridized carbons (Fsp3) is 0.400. The van der Waals surface area contributed by atoms with Crippen molar-refractivity contribution in [1.29, 1.82) is 0 Å². The summed E-state index contributed by atoms with van der Waals surface area (Å²) in [7, 11) is 0. The predicted octanol–water partition coefficient (Wildman–Crippen LogP) is 2.75. The number of fused-ring (bicyclic) bond motifs is 1. The van der Waals surface area contributed by atoms with Crippen LogP contribution in [0.25, 0.3) is 0 Å². The van der Waals surface area contributed by atoms with Crippen LogP contribution in [0.4, 0.5) is 0 Å². The smallest absolute Gasteiger partial charge is 0.161 e. The summed E-state index contributed by atoms with van der Waals surface area (Å²) in [5.74, 6) is 1.38. The van der Waals surface area contributed by atoms with Gasteiger partial charge in [-0.1, -0.05) is 19.1 Å². The minimum Gasteiger partial charge on any atom is -0.504 e. The number of imidazole rings is 1. The van der Waals surface area contributed by atoms with Crippen LogP contribution < -0.4 is 4.74 Å². The molecule has 0 bridgehead atoms. The molecule has 0 amide bonds. The third kappa shape index (κ3) is 2.43. The fourth-order valence-corrected chi connectivity index (χ4v) is 2.51. The number of hydrogen-bond donors (Lipinski definition) is 1. The number of ether oxygens (including phenoxy) is 1. The van der Waals surface area contributed by atoms with E-state index in [-0.39, 0.29) is 5.75 Å². The number of aromatic nitrogens is 2. The lowest BCUT2D eigenvalue weighted by molar-refractivity contribution is 0.282. The molecule has 0 spiro atoms. The van der Waals surface area contributed by atoms with Crippen molar-refractivity contribution in [2.45, 2.75) is 32.9 Å². The topological polar surface area (TPSA) is 47.3 Å². The first-order valence-electron chi connectivity index (χ1n) is 6.67. The summed E-state index contributed by atoms with van der Waals surface area (Å²) >= 11 is 0. The Morgan fingerprint density at radius 2 is 2.26 bits per heavy atom. The molecule has 0 saturated carbocycles. The second kappa shape index (κ2) is 4.96. The van der Waals surface area contributed by atoms with Crippen molar-refractivity contribution < 1.29 is 9.84 Å². The zero-order valence-corrected chi connectivity index (χ0v) is 11.0. The summed E-state index contributed by atoms with van der Waals surface area (Å²) in [6.07, 6.45) is 4.16. The average Bonchev–Trinajstić information content (AvgIpc) is 2.80. The molecule has 1 unspecified atom stereocenters. The number of hydrogen-bond acceptors (Lipinski definition) is 3. The second-order valence-corrected chi connectivity index (χ2v) is 5.19. The summed E-state index contributed by atoms with van der Waals surface area (Å²) in [5.41, 5.74) is 2.25. The summed E-state index contributed by atoms with van der Waals surface area (Å²) in [5, 5.41) is 9.67. The molecule has 2 aromatic rings. The van der Waals surface area contributed by atoms with Gasteiger partial charge in [-0.3, -0.25) is 0 Å². The van der Waals surface area contributed by atoms with Crippen molar-refractivity contribution in [3.8, 4) is 11.5 Å². The van der Waals surface area contributed by atoms with Crippen LogP contribution in [-0.2, 0) is 19.6 Å². The van der Waals surface area contributed by atoms with Crippen LogP contribution >= 0.6 is 0 Å². The van der Waals surface area contributed by atoms with Crippen molar-refractivity contribution in [2.75, 3.05) is 0 Å². The van der Waals surface area contributed by atoms with E-state index in [1.165, 1.54) is 12.1 Å². The van der Waals surface area contributed by atoms with Gasteiger partial charge in [0.05, 0.1) is 12.0 Å². The van der Waals surface area contributed by atoms with Gasteiger partial charge >= 0.3 is 0 Å². The van der Waals surface area contributed by atoms with Gasteiger partial charge in [0, 0.05) is 12.2 Å². The minimum absolute atomic E-state index is 0.170. The molecule has 1 N–H and O–H groups in total. The maximum absolute atomic E-state index is 9.67. The van der Waals surface area contributed by atoms with Crippen LogP contribution in [0, 0.1) is 5.92 Å². The molecule has 0 saturated heterocycles. The highest BCUT2D eigenvalue weighted by atomic mass is 16.5. The van der Waals surface area contributed by atoms with Gasteiger partial charge < -0.3 is 14.4 Å². The van der Waals surface area contributed by atoms with E-state index in [2.05, 4.69) is 16.5 Å². The fourth-order valence-electron chi connectivity index (χ4n) is 2.51. The number of rotatable bonds is 3. The molecule has 1 aliphatic rings. The van der Waals surface area contributed by atoms with E-state index in [1.54, 1.807) is 18.2 Å². The minimum atomic E-state index is 0.170. The van der Waals surface area contributed by atoms with Crippen molar-refractivity contribution in [3.05, 3.63) is 42.0 Å². The largest absolute Gasteiger partial charge is 0.504 e. The van der Waals surface area contributed by atoms with Gasteiger partial charge in [0.1, 0.15) is 6.61 Å². The summed E-state index contributed by atoms with van der Waals surface area (Å²) in [6, 6.07) is 7.02. The van der Waals surface area contributed by atoms with Crippen molar-refractivity contribution in [1.82, 2.24) is 9.55 Å². The molecule has 19 heavy (non-hydrogen) atoms. The molecule has 4 nitrogen and oxygen atoms in total. The van der Waals surface area contributed by atoms with Crippen molar-refractivity contribution in [3.63, 3.8) is 0 Å². The van der Waals surface area contributed by atoms with Crippen LogP contribution in [-0.4, -0.2) is 14.7 Å². The molecular formula is C15H18N2O2. The van der Waals surface area contributed by atoms with Gasteiger partial charge in [-0.05, 0) is 30.9 Å². The lowest BCUT2D eigenvalue weighted by atomic mass is 9.97. The number of aryl methyl sites for hydroxylation is 1. The molecule has 1 aromatic heterocycles. The van der Waals surface area contributed by atoms with E-state index in [0.29, 0.717) is 18.3 Å². The van der Waals surface area contributed by atoms with Gasteiger partial charge in [0.2, 0.25) is 0 Å². The first-order chi connectivity index (χ1) is 9.24. The van der Waals surface area contributed by atoms with E-state index in [9.17, 15) is 5.11 Å². The van der Waals surface area contributed by atoms with E-state index in [4.69, 9.17) is 4.74 Å². The Morgan fingerprint density at radius 3 is 3.11 bits per heavy atom. The van der Waals surface area contributed by atoms with Crippen molar-refractivity contribution in [2.24, 2.45) is 5.92 Å². The van der Waals surface area contributed by atoms with Crippen LogP contribution in [0.2, 0.25) is 0 Å². The van der Waals surface area contributed by atoms with Gasteiger partial charge in [-0.2, -0.15) is 0 Å². The quantitative estimate of drug-likeness (QED) is 0.920. The maximum Gasteiger partial charge on any atom is 0.161 e. The van der Waals surface area contributed by atoms with E-state index >= 15 is 0 Å². The standard InChI is InChI=1S/C15H18N2O2/c1-11-6-7-17-10-16-12(13(17)8-11)9-19-15-5-3-2-4-14(15)18/h2-5,10-11,18H,6-9H2,1H3. The van der Waals surface area contributed by atoms with Crippen molar-refractivity contribution >= 4 is 0 Å². The normalized spacial score (nSPS) is 18.1. The Bertz CT molecular complexity index is 577. The van der Waals surface area contributed by atoms with Crippen LogP contribution in [0.1, 0.15) is 24.7 Å². The monoisotopic (exact) mass is 258 g/mol.